The van der Waals surface area contributed by atoms with Crippen LogP contribution >= 0.6 is 6.72 Å². The summed E-state index contributed by atoms with van der Waals surface area (Å²) >= 11 is 4.70. The molecule has 1 heterocycles. The van der Waals surface area contributed by atoms with Crippen molar-refractivity contribution in [1.82, 2.24) is 26.3 Å². The molecule has 0 aromatic heterocycles. The quantitative estimate of drug-likeness (QED) is 0.0188. The molecule has 1 aliphatic heterocycles. The van der Waals surface area contributed by atoms with Crippen LogP contribution in [-0.4, -0.2) is 144 Å². The highest BCUT2D eigenvalue weighted by Crippen LogP contribution is 2.38. The maximum absolute atomic E-state index is 13.8. The highest BCUT2D eigenvalue weighted by Gasteiger charge is 2.28. The molecule has 23 heteroatoms. The number of aliphatic hydroxyl groups is 2. The molecular formula is C47H66N8O13PS-. The van der Waals surface area contributed by atoms with Crippen molar-refractivity contribution in [2.75, 3.05) is 104 Å². The molecule has 3 aromatic rings. The number of para-hydroxylation sites is 1. The Kier molecular flexibility index (Phi) is 25.4. The van der Waals surface area contributed by atoms with Gasteiger partial charge in [0.15, 0.2) is 0 Å². The maximum Gasteiger partial charge on any atom is 0.251 e. The van der Waals surface area contributed by atoms with E-state index >= 15 is 0 Å². The molecule has 0 saturated heterocycles. The van der Waals surface area contributed by atoms with Gasteiger partial charge in [0.1, 0.15) is 6.72 Å². The average Bonchev–Trinajstić information content (AvgIpc) is 3.36. The molecular weight excluding hydrogens is 948 g/mol. The number of hydrogen-bond acceptors (Lipinski definition) is 17. The zero-order valence-corrected chi connectivity index (χ0v) is 41.2. The second-order valence-electron chi connectivity index (χ2n) is 15.7. The number of amides is 5. The van der Waals surface area contributed by atoms with Gasteiger partial charge in [-0.2, -0.15) is 0 Å². The van der Waals surface area contributed by atoms with Gasteiger partial charge in [-0.3, -0.25) is 24.0 Å². The second-order valence-corrected chi connectivity index (χ2v) is 18.5. The van der Waals surface area contributed by atoms with E-state index < -0.39 is 24.4 Å². The summed E-state index contributed by atoms with van der Waals surface area (Å²) in [5.41, 5.74) is 10.8. The summed E-state index contributed by atoms with van der Waals surface area (Å²) in [4.78, 5) is 77.8. The molecule has 4 rings (SSSR count). The number of nitrogens with two attached hydrogens (primary N) is 2. The van der Waals surface area contributed by atoms with Gasteiger partial charge in [-0.15, -0.1) is 0 Å². The Labute approximate surface area is 413 Å². The van der Waals surface area contributed by atoms with Crippen molar-refractivity contribution >= 4 is 65.1 Å². The third-order valence-electron chi connectivity index (χ3n) is 10.6. The molecule has 70 heavy (non-hydrogen) atoms. The summed E-state index contributed by atoms with van der Waals surface area (Å²) in [7, 11) is 1.25. The molecule has 21 nitrogen and oxygen atoms in total. The lowest BCUT2D eigenvalue weighted by Gasteiger charge is -2.33. The van der Waals surface area contributed by atoms with Crippen molar-refractivity contribution in [3.05, 3.63) is 100 Å². The normalized spacial score (nSPS) is 14.0. The molecule has 0 fully saturated rings. The number of fused-ring (bicyclic) bond motifs is 2. The number of unbranched alkanes of at least 4 members (excludes halogenated alkanes) is 3. The maximum atomic E-state index is 13.8. The first-order chi connectivity index (χ1) is 33.8. The number of nitrogens with zero attached hydrogens (tertiary/aromatic N) is 2. The van der Waals surface area contributed by atoms with Gasteiger partial charge >= 0.3 is 0 Å². The van der Waals surface area contributed by atoms with E-state index in [1.807, 2.05) is 48.5 Å². The molecule has 5 amide bonds. The molecule has 1 atom stereocenters. The Morgan fingerprint density at radius 1 is 0.700 bits per heavy atom. The summed E-state index contributed by atoms with van der Waals surface area (Å²) in [6.07, 6.45) is 3.04. The van der Waals surface area contributed by atoms with Gasteiger partial charge in [0, 0.05) is 73.9 Å². The van der Waals surface area contributed by atoms with Crippen LogP contribution in [-0.2, 0) is 51.2 Å². The Bertz CT molecular complexity index is 2230. The lowest BCUT2D eigenvalue weighted by atomic mass is 9.95. The lowest BCUT2D eigenvalue weighted by Crippen LogP contribution is -2.38. The summed E-state index contributed by atoms with van der Waals surface area (Å²) < 4.78 is 26.7. The third-order valence-corrected chi connectivity index (χ3v) is 12.3. The van der Waals surface area contributed by atoms with Crippen LogP contribution in [0.25, 0.3) is 11.4 Å². The van der Waals surface area contributed by atoms with Crippen molar-refractivity contribution in [2.24, 2.45) is 11.6 Å². The van der Waals surface area contributed by atoms with Gasteiger partial charge in [-0.1, -0.05) is 67.1 Å². The fraction of sp³-hybridized carbons (Fsp3) is 0.468. The van der Waals surface area contributed by atoms with E-state index in [9.17, 15) is 28.9 Å². The lowest BCUT2D eigenvalue weighted by molar-refractivity contribution is -0.204. The zero-order valence-electron chi connectivity index (χ0n) is 39.5. The molecule has 1 aliphatic rings. The molecule has 0 radical (unpaired) electrons. The fourth-order valence-corrected chi connectivity index (χ4v) is 7.77. The van der Waals surface area contributed by atoms with E-state index in [0.717, 1.165) is 30.4 Å². The minimum absolute atomic E-state index is 0.00690. The molecule has 0 saturated carbocycles. The second kappa shape index (κ2) is 31.1. The number of nitrogens with one attached hydrogen (secondary N) is 4. The Morgan fingerprint density at radius 2 is 1.24 bits per heavy atom. The topological polar surface area (TPSA) is 302 Å². The van der Waals surface area contributed by atoms with E-state index in [1.54, 1.807) is 4.90 Å². The Balaban J connectivity index is 1.19. The van der Waals surface area contributed by atoms with Crippen LogP contribution < -0.4 is 42.6 Å². The number of rotatable bonds is 32. The smallest absolute Gasteiger partial charge is 0.251 e. The van der Waals surface area contributed by atoms with Crippen molar-refractivity contribution < 1.29 is 62.3 Å². The van der Waals surface area contributed by atoms with Crippen LogP contribution in [0.5, 0.6) is 0 Å². The predicted octanol–water partition coefficient (Wildman–Crippen LogP) is 1.12. The van der Waals surface area contributed by atoms with E-state index in [2.05, 4.69) is 25.8 Å². The molecule has 0 spiro atoms. The number of ether oxygens (including phenoxy) is 3. The predicted molar refractivity (Wildman–Crippen MR) is 264 cm³/mol. The van der Waals surface area contributed by atoms with Crippen molar-refractivity contribution in [3.63, 3.8) is 0 Å². The third kappa shape index (κ3) is 19.1. The van der Waals surface area contributed by atoms with E-state index in [0.29, 0.717) is 35.6 Å². The van der Waals surface area contributed by atoms with Gasteiger partial charge in [-0.25, -0.2) is 5.84 Å². The monoisotopic (exact) mass is 1010 g/mol. The van der Waals surface area contributed by atoms with Crippen LogP contribution in [0.1, 0.15) is 86.3 Å². The van der Waals surface area contributed by atoms with Crippen molar-refractivity contribution in [1.29, 1.82) is 0 Å². The number of benzene rings is 3. The molecule has 3 aromatic carbocycles. The van der Waals surface area contributed by atoms with E-state index in [-0.39, 0.29) is 134 Å². The summed E-state index contributed by atoms with van der Waals surface area (Å²) in [6, 6.07) is 18.9. The largest absolute Gasteiger partial charge is 0.780 e. The number of anilines is 1. The van der Waals surface area contributed by atoms with E-state index in [4.69, 9.17) is 52.3 Å². The number of carbonyl (C=O) groups excluding carboxylic acids is 5. The highest BCUT2D eigenvalue weighted by molar-refractivity contribution is 8.06. The standard InChI is InChI=1S/C47H67N8O13PS/c1-64-69(63,70)68-23-9-3-2-8-16-50-41(58)14-15-42(59)54-33-34-10-4-5-11-38(34)44(43(48)39-12-6-7-13-40(39)54)55(49)20-25-66-27-29-67-28-26-65-24-19-53-47(62)37-31-35(45(60)51-17-21-56)30-36(32-37)46(61)52-18-22-57/h4-7,10-13,30-32,56-57H,2-3,8-9,14-29,33,48-49H2,1H3,(H,50,58)(H,51,60)(H,52,61)(H,53,62)(H,63,70)/p-1/b44-43-. The van der Waals surface area contributed by atoms with Crippen LogP contribution in [0, 0.1) is 0 Å². The van der Waals surface area contributed by atoms with Crippen molar-refractivity contribution in [3.8, 4) is 0 Å². The summed E-state index contributed by atoms with van der Waals surface area (Å²) in [6.45, 7) is -1.16. The van der Waals surface area contributed by atoms with Crippen molar-refractivity contribution in [2.45, 2.75) is 45.1 Å². The minimum atomic E-state index is -3.40. The van der Waals surface area contributed by atoms with Crippen LogP contribution in [0.4, 0.5) is 5.69 Å². The number of aliphatic hydroxyl groups excluding tert-OH is 2. The molecule has 0 aliphatic carbocycles. The van der Waals surface area contributed by atoms with Crippen LogP contribution in [0.3, 0.4) is 0 Å². The first-order valence-electron chi connectivity index (χ1n) is 23.0. The molecule has 1 unspecified atom stereocenters. The van der Waals surface area contributed by atoms with Gasteiger partial charge < -0.3 is 75.3 Å². The van der Waals surface area contributed by atoms with Gasteiger partial charge in [0.05, 0.1) is 89.6 Å². The zero-order chi connectivity index (χ0) is 50.7. The van der Waals surface area contributed by atoms with Crippen LogP contribution in [0.2, 0.25) is 0 Å². The minimum Gasteiger partial charge on any atom is -0.780 e. The first-order valence-corrected chi connectivity index (χ1v) is 25.6. The molecule has 10 N–H and O–H groups in total. The van der Waals surface area contributed by atoms with Crippen LogP contribution in [0.15, 0.2) is 66.7 Å². The fourth-order valence-electron chi connectivity index (χ4n) is 7.09. The SMILES string of the molecule is COP([O-])(=S)OCCCCCCNC(=O)CCC(=O)N1Cc2ccccc2/C(N(N)CCOCCOCCOCCNC(=O)c2cc(C(=O)NCCO)cc(C(=O)NCCO)c2)=C(/N)c2ccccc21. The first kappa shape index (κ1) is 57.2. The number of hydrazine groups is 1. The van der Waals surface area contributed by atoms with Gasteiger partial charge in [0.25, 0.3) is 17.7 Å². The van der Waals surface area contributed by atoms with Gasteiger partial charge in [0.2, 0.25) is 11.8 Å². The highest BCUT2D eigenvalue weighted by atomic mass is 32.5. The Morgan fingerprint density at radius 3 is 1.86 bits per heavy atom. The number of carbonyl (C=O) groups is 5. The Hall–Kier alpha value is -5.36. The molecule has 384 valence electrons. The molecule has 0 bridgehead atoms. The summed E-state index contributed by atoms with van der Waals surface area (Å²) in [5.74, 6) is 4.56. The van der Waals surface area contributed by atoms with E-state index in [1.165, 1.54) is 30.3 Å². The number of hydrogen-bond donors (Lipinski definition) is 8. The average molecular weight is 1010 g/mol. The summed E-state index contributed by atoms with van der Waals surface area (Å²) in [5, 5.41) is 30.2. The van der Waals surface area contributed by atoms with Gasteiger partial charge in [-0.05, 0) is 42.7 Å².